The van der Waals surface area contributed by atoms with Gasteiger partial charge in [-0.25, -0.2) is 9.37 Å². The third-order valence-electron chi connectivity index (χ3n) is 6.12. The van der Waals surface area contributed by atoms with Gasteiger partial charge in [-0.2, -0.15) is 13.2 Å². The van der Waals surface area contributed by atoms with E-state index >= 15 is 0 Å². The summed E-state index contributed by atoms with van der Waals surface area (Å²) in [6.07, 6.45) is -0.979. The molecular weight excluding hydrogens is 426 g/mol. The number of aromatic amines is 1. The van der Waals surface area contributed by atoms with Crippen LogP contribution in [0.4, 0.5) is 17.6 Å². The van der Waals surface area contributed by atoms with Crippen LogP contribution in [0.15, 0.2) is 54.9 Å². The lowest BCUT2D eigenvalue weighted by atomic mass is 10.0. The number of nitrogens with zero attached hydrogens (tertiary/aromatic N) is 2. The first-order valence-corrected chi connectivity index (χ1v) is 10.2. The van der Waals surface area contributed by atoms with E-state index in [2.05, 4.69) is 9.97 Å². The second-order valence-electron chi connectivity index (χ2n) is 8.18. The van der Waals surface area contributed by atoms with Crippen LogP contribution in [0.5, 0.6) is 5.88 Å². The smallest absolute Gasteiger partial charge is 0.417 e. The van der Waals surface area contributed by atoms with Crippen molar-refractivity contribution >= 4 is 5.91 Å². The SMILES string of the molecule is O=C(c1cc(F)ccc1-c1ccc[nH]1)N1C[C@H]2C[C@@H](Oc3ccc(C(F)(F)F)cn3)[C@@H]1C2. The van der Waals surface area contributed by atoms with Gasteiger partial charge in [-0.3, -0.25) is 4.79 Å². The van der Waals surface area contributed by atoms with E-state index in [-0.39, 0.29) is 35.4 Å². The molecule has 1 saturated heterocycles. The summed E-state index contributed by atoms with van der Waals surface area (Å²) in [5, 5.41) is 0. The van der Waals surface area contributed by atoms with Crippen LogP contribution in [0, 0.1) is 11.7 Å². The lowest BCUT2D eigenvalue weighted by Gasteiger charge is -2.33. The molecule has 5 rings (SSSR count). The van der Waals surface area contributed by atoms with Crippen LogP contribution >= 0.6 is 0 Å². The van der Waals surface area contributed by atoms with E-state index in [0.717, 1.165) is 18.7 Å². The monoisotopic (exact) mass is 445 g/mol. The standard InChI is InChI=1S/C23H19F4N3O2/c24-15-4-5-16(18-2-1-7-28-18)17(10-15)22(31)30-12-13-8-19(30)20(9-13)32-21-6-3-14(11-29-21)23(25,26)27/h1-7,10-11,13,19-20,28H,8-9,12H2/t13-,19+,20-/m1/s1. The molecule has 1 N–H and O–H groups in total. The van der Waals surface area contributed by atoms with E-state index in [9.17, 15) is 22.4 Å². The van der Waals surface area contributed by atoms with Crippen LogP contribution in [0.1, 0.15) is 28.8 Å². The average Bonchev–Trinajstić information content (AvgIpc) is 3.50. The van der Waals surface area contributed by atoms with Gasteiger partial charge in [0.25, 0.3) is 5.91 Å². The quantitative estimate of drug-likeness (QED) is 0.581. The fourth-order valence-electron chi connectivity index (χ4n) is 4.68. The van der Waals surface area contributed by atoms with E-state index in [1.807, 2.05) is 6.07 Å². The van der Waals surface area contributed by atoms with Gasteiger partial charge in [-0.1, -0.05) is 0 Å². The summed E-state index contributed by atoms with van der Waals surface area (Å²) < 4.78 is 58.1. The molecule has 1 amide bonds. The number of halogens is 4. The highest BCUT2D eigenvalue weighted by Gasteiger charge is 2.48. The van der Waals surface area contributed by atoms with E-state index in [1.54, 1.807) is 23.2 Å². The summed E-state index contributed by atoms with van der Waals surface area (Å²) in [6.45, 7) is 0.532. The van der Waals surface area contributed by atoms with Crippen LogP contribution in [-0.4, -0.2) is 39.5 Å². The van der Waals surface area contributed by atoms with Crippen molar-refractivity contribution in [3.05, 3.63) is 71.8 Å². The molecule has 1 saturated carbocycles. The number of pyridine rings is 1. The number of fused-ring (bicyclic) bond motifs is 2. The zero-order valence-corrected chi connectivity index (χ0v) is 16.8. The van der Waals surface area contributed by atoms with Crippen molar-refractivity contribution in [1.82, 2.24) is 14.9 Å². The molecule has 0 radical (unpaired) electrons. The maximum absolute atomic E-state index is 14.0. The number of carbonyl (C=O) groups excluding carboxylic acids is 1. The maximum atomic E-state index is 14.0. The number of piperidine rings is 1. The minimum absolute atomic E-state index is 0.0841. The maximum Gasteiger partial charge on any atom is 0.417 e. The molecular formula is C23H19F4N3O2. The second kappa shape index (κ2) is 7.65. The molecule has 1 aromatic carbocycles. The Morgan fingerprint density at radius 3 is 2.66 bits per heavy atom. The largest absolute Gasteiger partial charge is 0.472 e. The van der Waals surface area contributed by atoms with Gasteiger partial charge < -0.3 is 14.6 Å². The Morgan fingerprint density at radius 2 is 2.00 bits per heavy atom. The van der Waals surface area contributed by atoms with E-state index in [1.165, 1.54) is 18.2 Å². The number of hydrogen-bond donors (Lipinski definition) is 1. The summed E-state index contributed by atoms with van der Waals surface area (Å²) in [5.41, 5.74) is 0.717. The summed E-state index contributed by atoms with van der Waals surface area (Å²) in [6, 6.07) is 9.58. The first kappa shape index (κ1) is 20.5. The summed E-state index contributed by atoms with van der Waals surface area (Å²) in [7, 11) is 0. The summed E-state index contributed by atoms with van der Waals surface area (Å²) >= 11 is 0. The molecule has 32 heavy (non-hydrogen) atoms. The van der Waals surface area contributed by atoms with E-state index in [0.29, 0.717) is 24.2 Å². The number of benzene rings is 1. The van der Waals surface area contributed by atoms with Crippen LogP contribution in [0.2, 0.25) is 0 Å². The normalized spacial score (nSPS) is 22.4. The number of hydrogen-bond acceptors (Lipinski definition) is 3. The molecule has 166 valence electrons. The molecule has 3 atom stereocenters. The Morgan fingerprint density at radius 1 is 1.16 bits per heavy atom. The molecule has 9 heteroatoms. The predicted octanol–water partition coefficient (Wildman–Crippen LogP) is 4.92. The molecule has 1 aliphatic heterocycles. The van der Waals surface area contributed by atoms with Gasteiger partial charge in [0.05, 0.1) is 17.2 Å². The minimum Gasteiger partial charge on any atom is -0.472 e. The van der Waals surface area contributed by atoms with Crippen molar-refractivity contribution < 1.29 is 27.1 Å². The Hall–Kier alpha value is -3.36. The number of aromatic nitrogens is 2. The van der Waals surface area contributed by atoms with Gasteiger partial charge in [0.1, 0.15) is 11.9 Å². The number of rotatable bonds is 4. The zero-order valence-electron chi connectivity index (χ0n) is 16.8. The van der Waals surface area contributed by atoms with Gasteiger partial charge >= 0.3 is 6.18 Å². The van der Waals surface area contributed by atoms with Gasteiger partial charge in [0, 0.05) is 36.3 Å². The Kier molecular flexibility index (Phi) is 4.91. The van der Waals surface area contributed by atoms with Crippen molar-refractivity contribution in [1.29, 1.82) is 0 Å². The average molecular weight is 445 g/mol. The fourth-order valence-corrected chi connectivity index (χ4v) is 4.68. The molecule has 2 aromatic heterocycles. The first-order valence-electron chi connectivity index (χ1n) is 10.2. The van der Waals surface area contributed by atoms with Crippen LogP contribution in [0.3, 0.4) is 0 Å². The van der Waals surface area contributed by atoms with Gasteiger partial charge in [0.15, 0.2) is 0 Å². The Labute approximate surface area is 181 Å². The highest BCUT2D eigenvalue weighted by Crippen LogP contribution is 2.41. The molecule has 0 unspecified atom stereocenters. The van der Waals surface area contributed by atoms with Gasteiger partial charge in [-0.05, 0) is 55.2 Å². The molecule has 0 spiro atoms. The number of nitrogens with one attached hydrogen (secondary N) is 1. The Balaban J connectivity index is 1.37. The molecule has 1 aliphatic carbocycles. The Bertz CT molecular complexity index is 1130. The van der Waals surface area contributed by atoms with Crippen molar-refractivity contribution in [2.45, 2.75) is 31.2 Å². The van der Waals surface area contributed by atoms with Crippen molar-refractivity contribution in [2.24, 2.45) is 5.92 Å². The number of amides is 1. The number of ether oxygens (including phenoxy) is 1. The molecule has 2 fully saturated rings. The zero-order chi connectivity index (χ0) is 22.5. The van der Waals surface area contributed by atoms with Crippen molar-refractivity contribution in [3.63, 3.8) is 0 Å². The number of likely N-dealkylation sites (tertiary alicyclic amines) is 1. The third kappa shape index (κ3) is 3.72. The molecule has 3 aromatic rings. The summed E-state index contributed by atoms with van der Waals surface area (Å²) in [5.74, 6) is -0.503. The predicted molar refractivity (Wildman–Crippen MR) is 107 cm³/mol. The first-order chi connectivity index (χ1) is 15.3. The number of H-pyrrole nitrogens is 1. The van der Waals surface area contributed by atoms with Crippen LogP contribution < -0.4 is 4.74 Å². The minimum atomic E-state index is -4.47. The molecule has 3 heterocycles. The van der Waals surface area contributed by atoms with Crippen molar-refractivity contribution in [3.8, 4) is 17.1 Å². The molecule has 2 bridgehead atoms. The van der Waals surface area contributed by atoms with Crippen LogP contribution in [0.25, 0.3) is 11.3 Å². The highest BCUT2D eigenvalue weighted by atomic mass is 19.4. The lowest BCUT2D eigenvalue weighted by molar-refractivity contribution is -0.137. The molecule has 5 nitrogen and oxygen atoms in total. The van der Waals surface area contributed by atoms with Gasteiger partial charge in [-0.15, -0.1) is 0 Å². The lowest BCUT2D eigenvalue weighted by Crippen LogP contribution is -2.47. The summed E-state index contributed by atoms with van der Waals surface area (Å²) in [4.78, 5) is 21.9. The third-order valence-corrected chi connectivity index (χ3v) is 6.12. The second-order valence-corrected chi connectivity index (χ2v) is 8.18. The number of alkyl halides is 3. The highest BCUT2D eigenvalue weighted by molar-refractivity contribution is 6.01. The van der Waals surface area contributed by atoms with E-state index in [4.69, 9.17) is 4.74 Å². The van der Waals surface area contributed by atoms with Crippen LogP contribution in [-0.2, 0) is 6.18 Å². The van der Waals surface area contributed by atoms with Crippen molar-refractivity contribution in [2.75, 3.05) is 6.54 Å². The molecule has 2 aliphatic rings. The number of carbonyl (C=O) groups is 1. The van der Waals surface area contributed by atoms with Gasteiger partial charge in [0.2, 0.25) is 5.88 Å². The topological polar surface area (TPSA) is 58.2 Å². The fraction of sp³-hybridized carbons (Fsp3) is 0.304. The van der Waals surface area contributed by atoms with E-state index < -0.39 is 17.6 Å².